The maximum Gasteiger partial charge on any atom is 0.123 e. The molecule has 1 aliphatic carbocycles. The lowest BCUT2D eigenvalue weighted by Crippen LogP contribution is -2.16. The molecule has 0 radical (unpaired) electrons. The minimum atomic E-state index is -0.261. The van der Waals surface area contributed by atoms with Gasteiger partial charge in [0.05, 0.1) is 21.0 Å². The van der Waals surface area contributed by atoms with Crippen molar-refractivity contribution in [2.75, 3.05) is 9.80 Å². The van der Waals surface area contributed by atoms with E-state index in [1.54, 1.807) is 34.8 Å². The highest BCUT2D eigenvalue weighted by Gasteiger charge is 2.36. The summed E-state index contributed by atoms with van der Waals surface area (Å²) in [5.41, 5.74) is 14.8. The lowest BCUT2D eigenvalue weighted by molar-refractivity contribution is 0.628. The smallest absolute Gasteiger partial charge is 0.123 e. The average molecular weight is 800 g/mol. The second-order valence-electron chi connectivity index (χ2n) is 15.6. The fourth-order valence-electron chi connectivity index (χ4n) is 9.05. The first kappa shape index (κ1) is 35.4. The van der Waals surface area contributed by atoms with Gasteiger partial charge < -0.3 is 14.4 Å². The normalized spacial score (nSPS) is 12.8. The lowest BCUT2D eigenvalue weighted by Gasteiger charge is -2.30. The first-order valence-electron chi connectivity index (χ1n) is 19.8. The van der Waals surface area contributed by atoms with Crippen molar-refractivity contribution in [1.29, 1.82) is 0 Å². The number of benzene rings is 7. The Kier molecular flexibility index (Phi) is 8.40. The van der Waals surface area contributed by atoms with Gasteiger partial charge >= 0.3 is 0 Å². The van der Waals surface area contributed by atoms with Crippen molar-refractivity contribution in [1.82, 2.24) is 4.57 Å². The van der Waals surface area contributed by atoms with Gasteiger partial charge in [0.25, 0.3) is 0 Å². The van der Waals surface area contributed by atoms with E-state index in [1.807, 2.05) is 12.1 Å². The first-order chi connectivity index (χ1) is 28.9. The largest absolute Gasteiger partial charge is 0.309 e. The summed E-state index contributed by atoms with van der Waals surface area (Å²) < 4.78 is 16.8. The van der Waals surface area contributed by atoms with Crippen LogP contribution in [0.3, 0.4) is 0 Å². The fraction of sp³-hybridized carbons (Fsp3) is 0.0566. The van der Waals surface area contributed by atoms with Crippen LogP contribution in [0.2, 0.25) is 0 Å². The molecule has 0 amide bonds. The minimum Gasteiger partial charge on any atom is -0.309 e. The molecule has 6 heteroatoms. The Morgan fingerprint density at radius 2 is 1.08 bits per heavy atom. The number of nitrogens with zero attached hydrogens (tertiary/aromatic N) is 3. The predicted octanol–water partition coefficient (Wildman–Crippen LogP) is 16.0. The van der Waals surface area contributed by atoms with Crippen LogP contribution in [0.15, 0.2) is 193 Å². The standard InChI is InChI=1S/C53H38FN3S2/c1-53(2)47-16-8-6-14-43(47)44-26-25-40(34-48(44)53)56(52-19-11-29-59-52)42-31-36(30-41(33-42)55(51-18-10-28-58-51)39-23-21-37(54)22-24-39)35-20-27-50-46(32-35)45-15-7-9-17-49(45)57(50)38-12-4-3-5-13-38/h3-34H,1-2H3. The highest BCUT2D eigenvalue weighted by molar-refractivity contribution is 7.14. The molecule has 0 fully saturated rings. The zero-order valence-corrected chi connectivity index (χ0v) is 34.1. The van der Waals surface area contributed by atoms with Gasteiger partial charge in [-0.25, -0.2) is 4.39 Å². The second-order valence-corrected chi connectivity index (χ2v) is 17.5. The van der Waals surface area contributed by atoms with Crippen LogP contribution in [0.4, 0.5) is 37.1 Å². The van der Waals surface area contributed by atoms with E-state index in [2.05, 4.69) is 197 Å². The Balaban J connectivity index is 1.15. The van der Waals surface area contributed by atoms with Gasteiger partial charge in [0.15, 0.2) is 0 Å². The van der Waals surface area contributed by atoms with Crippen molar-refractivity contribution < 1.29 is 4.39 Å². The molecule has 0 atom stereocenters. The molecule has 0 N–H and O–H groups in total. The monoisotopic (exact) mass is 799 g/mol. The van der Waals surface area contributed by atoms with E-state index in [4.69, 9.17) is 0 Å². The zero-order chi connectivity index (χ0) is 39.7. The summed E-state index contributed by atoms with van der Waals surface area (Å²) >= 11 is 3.39. The molecule has 11 rings (SSSR count). The van der Waals surface area contributed by atoms with E-state index in [-0.39, 0.29) is 11.2 Å². The fourth-order valence-corrected chi connectivity index (χ4v) is 10.6. The van der Waals surface area contributed by atoms with Gasteiger partial charge in [0, 0.05) is 44.6 Å². The molecule has 0 unspecified atom stereocenters. The molecule has 0 saturated carbocycles. The number of fused-ring (bicyclic) bond motifs is 6. The molecule has 1 aliphatic rings. The van der Waals surface area contributed by atoms with Crippen molar-refractivity contribution in [3.63, 3.8) is 0 Å². The van der Waals surface area contributed by atoms with E-state index >= 15 is 0 Å². The highest BCUT2D eigenvalue weighted by Crippen LogP contribution is 2.52. The Morgan fingerprint density at radius 3 is 1.81 bits per heavy atom. The molecule has 7 aromatic carbocycles. The first-order valence-corrected chi connectivity index (χ1v) is 21.6. The number of aromatic nitrogens is 1. The lowest BCUT2D eigenvalue weighted by atomic mass is 9.82. The van der Waals surface area contributed by atoms with Gasteiger partial charge in [-0.1, -0.05) is 86.6 Å². The summed E-state index contributed by atoms with van der Waals surface area (Å²) in [5, 5.41) is 8.80. The average Bonchev–Trinajstić information content (AvgIpc) is 4.09. The molecule has 3 heterocycles. The minimum absolute atomic E-state index is 0.150. The van der Waals surface area contributed by atoms with Crippen molar-refractivity contribution in [3.05, 3.63) is 210 Å². The summed E-state index contributed by atoms with van der Waals surface area (Å²) in [6.45, 7) is 4.67. The molecular formula is C53H38FN3S2. The van der Waals surface area contributed by atoms with Crippen LogP contribution in [0, 0.1) is 5.82 Å². The van der Waals surface area contributed by atoms with Crippen LogP contribution in [0.5, 0.6) is 0 Å². The van der Waals surface area contributed by atoms with E-state index < -0.39 is 0 Å². The molecular weight excluding hydrogens is 762 g/mol. The molecule has 284 valence electrons. The van der Waals surface area contributed by atoms with Gasteiger partial charge in [-0.2, -0.15) is 0 Å². The summed E-state index contributed by atoms with van der Waals surface area (Å²) in [6.07, 6.45) is 0. The number of para-hydroxylation sites is 2. The molecule has 0 saturated heterocycles. The second kappa shape index (κ2) is 14.0. The van der Waals surface area contributed by atoms with Crippen LogP contribution in [0.1, 0.15) is 25.0 Å². The van der Waals surface area contributed by atoms with Crippen molar-refractivity contribution in [3.8, 4) is 27.9 Å². The number of thiophene rings is 2. The van der Waals surface area contributed by atoms with E-state index in [0.29, 0.717) is 0 Å². The highest BCUT2D eigenvalue weighted by atomic mass is 32.1. The molecule has 3 aromatic heterocycles. The maximum atomic E-state index is 14.5. The number of anilines is 6. The Hall–Kier alpha value is -6.73. The van der Waals surface area contributed by atoms with Crippen LogP contribution in [-0.2, 0) is 5.41 Å². The third kappa shape index (κ3) is 5.90. The van der Waals surface area contributed by atoms with E-state index in [9.17, 15) is 4.39 Å². The molecule has 59 heavy (non-hydrogen) atoms. The van der Waals surface area contributed by atoms with Crippen molar-refractivity contribution in [2.24, 2.45) is 0 Å². The number of halogens is 1. The third-order valence-electron chi connectivity index (χ3n) is 11.8. The van der Waals surface area contributed by atoms with Crippen LogP contribution in [-0.4, -0.2) is 4.57 Å². The maximum absolute atomic E-state index is 14.5. The van der Waals surface area contributed by atoms with Crippen molar-refractivity contribution in [2.45, 2.75) is 19.3 Å². The summed E-state index contributed by atoms with van der Waals surface area (Å²) in [4.78, 5) is 4.64. The quantitative estimate of drug-likeness (QED) is 0.152. The Bertz CT molecular complexity index is 3150. The Labute approximate surface area is 351 Å². The molecule has 0 spiro atoms. The number of hydrogen-bond donors (Lipinski definition) is 0. The summed E-state index contributed by atoms with van der Waals surface area (Å²) in [5.74, 6) is -0.261. The van der Waals surface area contributed by atoms with Gasteiger partial charge in [0.2, 0.25) is 0 Å². The van der Waals surface area contributed by atoms with Gasteiger partial charge in [-0.05, 0) is 153 Å². The van der Waals surface area contributed by atoms with E-state index in [1.165, 1.54) is 38.5 Å². The number of hydrogen-bond acceptors (Lipinski definition) is 4. The van der Waals surface area contributed by atoms with Crippen LogP contribution < -0.4 is 9.80 Å². The molecule has 0 aliphatic heterocycles. The van der Waals surface area contributed by atoms with Crippen molar-refractivity contribution >= 4 is 77.2 Å². The zero-order valence-electron chi connectivity index (χ0n) is 32.5. The Morgan fingerprint density at radius 1 is 0.458 bits per heavy atom. The predicted molar refractivity (Wildman–Crippen MR) is 249 cm³/mol. The summed E-state index contributed by atoms with van der Waals surface area (Å²) in [7, 11) is 0. The summed E-state index contributed by atoms with van der Waals surface area (Å²) in [6, 6.07) is 64.1. The van der Waals surface area contributed by atoms with Crippen LogP contribution in [0.25, 0.3) is 49.7 Å². The molecule has 0 bridgehead atoms. The van der Waals surface area contributed by atoms with Gasteiger partial charge in [-0.15, -0.1) is 22.7 Å². The van der Waals surface area contributed by atoms with E-state index in [0.717, 1.165) is 55.1 Å². The number of rotatable bonds is 8. The topological polar surface area (TPSA) is 11.4 Å². The molecule has 10 aromatic rings. The van der Waals surface area contributed by atoms with Crippen LogP contribution >= 0.6 is 22.7 Å². The molecule has 3 nitrogen and oxygen atoms in total. The third-order valence-corrected chi connectivity index (χ3v) is 13.5. The SMILES string of the molecule is CC1(C)c2ccccc2-c2ccc(N(c3cc(-c4ccc5c(c4)c4ccccc4n5-c4ccccc4)cc(N(c4ccc(F)cc4)c4cccs4)c3)c3cccs3)cc21. The van der Waals surface area contributed by atoms with Gasteiger partial charge in [-0.3, -0.25) is 0 Å². The van der Waals surface area contributed by atoms with Gasteiger partial charge in [0.1, 0.15) is 5.82 Å².